The standard InChI is InChI=1S/C15H23FN4O/c1-19-6-5-11(8-19)9-20(2)10-13-4-3-12(7-14(13)16)15(17)18-21/h3-4,7,11,21H,5-6,8-10H2,1-2H3,(H2,17,18). The van der Waals surface area contributed by atoms with Gasteiger partial charge < -0.3 is 20.7 Å². The summed E-state index contributed by atoms with van der Waals surface area (Å²) in [5, 5.41) is 11.5. The third-order valence-electron chi connectivity index (χ3n) is 3.96. The van der Waals surface area contributed by atoms with Crippen molar-refractivity contribution >= 4 is 5.84 Å². The predicted molar refractivity (Wildman–Crippen MR) is 80.8 cm³/mol. The third kappa shape index (κ3) is 4.15. The summed E-state index contributed by atoms with van der Waals surface area (Å²) in [6.45, 7) is 3.77. The van der Waals surface area contributed by atoms with Crippen molar-refractivity contribution in [1.29, 1.82) is 0 Å². The first kappa shape index (κ1) is 15.7. The minimum Gasteiger partial charge on any atom is -0.409 e. The summed E-state index contributed by atoms with van der Waals surface area (Å²) in [5.41, 5.74) is 6.47. The number of amidine groups is 1. The molecule has 1 aliphatic rings. The summed E-state index contributed by atoms with van der Waals surface area (Å²) in [4.78, 5) is 4.47. The summed E-state index contributed by atoms with van der Waals surface area (Å²) >= 11 is 0. The Hall–Kier alpha value is -1.66. The molecule has 1 fully saturated rings. The maximum atomic E-state index is 14.1. The predicted octanol–water partition coefficient (Wildman–Crippen LogP) is 1.30. The molecule has 1 saturated heterocycles. The van der Waals surface area contributed by atoms with Crippen molar-refractivity contribution in [2.24, 2.45) is 16.8 Å². The molecular formula is C15H23FN4O. The molecule has 0 aliphatic carbocycles. The molecule has 116 valence electrons. The van der Waals surface area contributed by atoms with E-state index in [1.807, 2.05) is 7.05 Å². The topological polar surface area (TPSA) is 65.1 Å². The number of oxime groups is 1. The van der Waals surface area contributed by atoms with Crippen molar-refractivity contribution in [3.05, 3.63) is 35.1 Å². The van der Waals surface area contributed by atoms with Gasteiger partial charge in [0.1, 0.15) is 5.82 Å². The molecule has 5 nitrogen and oxygen atoms in total. The average Bonchev–Trinajstić information content (AvgIpc) is 2.85. The highest BCUT2D eigenvalue weighted by atomic mass is 19.1. The lowest BCUT2D eigenvalue weighted by atomic mass is 10.1. The number of hydrogen-bond donors (Lipinski definition) is 2. The quantitative estimate of drug-likeness (QED) is 0.372. The van der Waals surface area contributed by atoms with Gasteiger partial charge in [0.25, 0.3) is 0 Å². The number of hydrogen-bond acceptors (Lipinski definition) is 4. The lowest BCUT2D eigenvalue weighted by Gasteiger charge is -2.21. The molecule has 1 aromatic carbocycles. The zero-order chi connectivity index (χ0) is 15.4. The zero-order valence-corrected chi connectivity index (χ0v) is 12.6. The fourth-order valence-electron chi connectivity index (χ4n) is 2.86. The van der Waals surface area contributed by atoms with Crippen LogP contribution in [0.2, 0.25) is 0 Å². The Labute approximate surface area is 124 Å². The van der Waals surface area contributed by atoms with Gasteiger partial charge in [-0.15, -0.1) is 0 Å². The number of nitrogens with zero attached hydrogens (tertiary/aromatic N) is 3. The number of nitrogens with two attached hydrogens (primary N) is 1. The van der Waals surface area contributed by atoms with Crippen LogP contribution in [0.25, 0.3) is 0 Å². The Morgan fingerprint density at radius 3 is 2.90 bits per heavy atom. The van der Waals surface area contributed by atoms with E-state index in [2.05, 4.69) is 22.0 Å². The van der Waals surface area contributed by atoms with E-state index >= 15 is 0 Å². The maximum Gasteiger partial charge on any atom is 0.170 e. The van der Waals surface area contributed by atoms with Crippen molar-refractivity contribution in [3.63, 3.8) is 0 Å². The van der Waals surface area contributed by atoms with Crippen molar-refractivity contribution in [2.75, 3.05) is 33.7 Å². The molecule has 1 heterocycles. The molecule has 0 bridgehead atoms. The second-order valence-electron chi connectivity index (χ2n) is 5.91. The first-order valence-electron chi connectivity index (χ1n) is 7.13. The van der Waals surface area contributed by atoms with Crippen molar-refractivity contribution < 1.29 is 9.60 Å². The molecule has 0 radical (unpaired) electrons. The van der Waals surface area contributed by atoms with Crippen LogP contribution >= 0.6 is 0 Å². The molecule has 6 heteroatoms. The van der Waals surface area contributed by atoms with Gasteiger partial charge in [-0.2, -0.15) is 0 Å². The Balaban J connectivity index is 1.96. The first-order chi connectivity index (χ1) is 9.99. The number of benzene rings is 1. The Morgan fingerprint density at radius 1 is 1.57 bits per heavy atom. The van der Waals surface area contributed by atoms with Crippen LogP contribution in [0.4, 0.5) is 4.39 Å². The summed E-state index contributed by atoms with van der Waals surface area (Å²) in [6.07, 6.45) is 1.20. The van der Waals surface area contributed by atoms with Gasteiger partial charge in [0.15, 0.2) is 5.84 Å². The summed E-state index contributed by atoms with van der Waals surface area (Å²) in [5.74, 6) is 0.247. The molecule has 2 rings (SSSR count). The second kappa shape index (κ2) is 6.87. The maximum absolute atomic E-state index is 14.1. The van der Waals surface area contributed by atoms with Crippen LogP contribution in [0, 0.1) is 11.7 Å². The van der Waals surface area contributed by atoms with Crippen LogP contribution in [0.3, 0.4) is 0 Å². The average molecular weight is 294 g/mol. The van der Waals surface area contributed by atoms with E-state index < -0.39 is 0 Å². The lowest BCUT2D eigenvalue weighted by Crippen LogP contribution is -2.27. The monoisotopic (exact) mass is 294 g/mol. The van der Waals surface area contributed by atoms with Crippen molar-refractivity contribution in [1.82, 2.24) is 9.80 Å². The van der Waals surface area contributed by atoms with E-state index in [9.17, 15) is 4.39 Å². The van der Waals surface area contributed by atoms with Gasteiger partial charge >= 0.3 is 0 Å². The molecule has 0 spiro atoms. The minimum absolute atomic E-state index is 0.0807. The molecule has 3 N–H and O–H groups in total. The molecule has 1 aromatic rings. The van der Waals surface area contributed by atoms with E-state index in [0.717, 1.165) is 19.6 Å². The lowest BCUT2D eigenvalue weighted by molar-refractivity contribution is 0.264. The highest BCUT2D eigenvalue weighted by Gasteiger charge is 2.21. The normalized spacial score (nSPS) is 20.4. The molecule has 1 aliphatic heterocycles. The molecule has 1 unspecified atom stereocenters. The Kier molecular flexibility index (Phi) is 5.14. The van der Waals surface area contributed by atoms with E-state index in [0.29, 0.717) is 23.6 Å². The SMILES string of the molecule is CN1CCC(CN(C)Cc2ccc(C(N)=NO)cc2F)C1. The summed E-state index contributed by atoms with van der Waals surface area (Å²) < 4.78 is 14.1. The van der Waals surface area contributed by atoms with E-state index in [4.69, 9.17) is 10.9 Å². The number of rotatable bonds is 5. The van der Waals surface area contributed by atoms with Gasteiger partial charge in [-0.1, -0.05) is 17.3 Å². The van der Waals surface area contributed by atoms with Gasteiger partial charge in [0.2, 0.25) is 0 Å². The van der Waals surface area contributed by atoms with Crippen LogP contribution < -0.4 is 5.73 Å². The van der Waals surface area contributed by atoms with Gasteiger partial charge in [-0.3, -0.25) is 0 Å². The zero-order valence-electron chi connectivity index (χ0n) is 12.6. The van der Waals surface area contributed by atoms with Crippen LogP contribution in [-0.2, 0) is 6.54 Å². The van der Waals surface area contributed by atoms with Crippen molar-refractivity contribution in [2.45, 2.75) is 13.0 Å². The van der Waals surface area contributed by atoms with Crippen molar-refractivity contribution in [3.8, 4) is 0 Å². The van der Waals surface area contributed by atoms with E-state index in [1.165, 1.54) is 12.5 Å². The highest BCUT2D eigenvalue weighted by molar-refractivity contribution is 5.97. The first-order valence-corrected chi connectivity index (χ1v) is 7.13. The van der Waals surface area contributed by atoms with Gasteiger partial charge in [0.05, 0.1) is 0 Å². The number of likely N-dealkylation sites (tertiary alicyclic amines) is 1. The fourth-order valence-corrected chi connectivity index (χ4v) is 2.86. The van der Waals surface area contributed by atoms with Crippen LogP contribution in [0.1, 0.15) is 17.5 Å². The Bertz CT molecular complexity index is 520. The third-order valence-corrected chi connectivity index (χ3v) is 3.96. The summed E-state index contributed by atoms with van der Waals surface area (Å²) in [6, 6.07) is 4.67. The van der Waals surface area contributed by atoms with Crippen LogP contribution in [-0.4, -0.2) is 54.6 Å². The molecule has 1 atom stereocenters. The largest absolute Gasteiger partial charge is 0.409 e. The van der Waals surface area contributed by atoms with Gasteiger partial charge in [-0.05, 0) is 39.0 Å². The minimum atomic E-state index is -0.325. The van der Waals surface area contributed by atoms with Gasteiger partial charge in [0, 0.05) is 30.8 Å². The number of halogens is 1. The molecular weight excluding hydrogens is 271 g/mol. The second-order valence-corrected chi connectivity index (χ2v) is 5.91. The van der Waals surface area contributed by atoms with E-state index in [1.54, 1.807) is 12.1 Å². The highest BCUT2D eigenvalue weighted by Crippen LogP contribution is 2.17. The molecule has 21 heavy (non-hydrogen) atoms. The van der Waals surface area contributed by atoms with Crippen LogP contribution in [0.15, 0.2) is 23.4 Å². The van der Waals surface area contributed by atoms with E-state index in [-0.39, 0.29) is 11.7 Å². The van der Waals surface area contributed by atoms with Gasteiger partial charge in [-0.25, -0.2) is 4.39 Å². The Morgan fingerprint density at radius 2 is 2.33 bits per heavy atom. The molecule has 0 saturated carbocycles. The fraction of sp³-hybridized carbons (Fsp3) is 0.533. The summed E-state index contributed by atoms with van der Waals surface area (Å²) in [7, 11) is 4.14. The van der Waals surface area contributed by atoms with Crippen LogP contribution in [0.5, 0.6) is 0 Å². The molecule has 0 amide bonds. The smallest absolute Gasteiger partial charge is 0.170 e. The molecule has 0 aromatic heterocycles.